The number of nitrogens with one attached hydrogen (secondary N) is 2. The minimum atomic E-state index is 0.563. The molecule has 0 aliphatic carbocycles. The number of para-hydroxylation sites is 2. The summed E-state index contributed by atoms with van der Waals surface area (Å²) in [7, 11) is 0. The second-order valence-corrected chi connectivity index (χ2v) is 4.30. The van der Waals surface area contributed by atoms with E-state index in [0.717, 1.165) is 11.4 Å². The van der Waals surface area contributed by atoms with Crippen molar-refractivity contribution in [3.05, 3.63) is 58.6 Å². The molecular weight excluding hydrogens is 255 g/mol. The molecule has 2 aromatic rings. The lowest BCUT2D eigenvalue weighted by molar-refractivity contribution is 1.22. The summed E-state index contributed by atoms with van der Waals surface area (Å²) in [4.78, 5) is 0. The summed E-state index contributed by atoms with van der Waals surface area (Å²) in [6, 6.07) is 15.2. The molecule has 2 nitrogen and oxygen atoms in total. The van der Waals surface area contributed by atoms with Gasteiger partial charge < -0.3 is 10.6 Å². The highest BCUT2D eigenvalue weighted by Gasteiger charge is 1.99. The molecule has 0 radical (unpaired) electrons. The third-order valence-electron chi connectivity index (χ3n) is 2.31. The summed E-state index contributed by atoms with van der Waals surface area (Å²) in [5.74, 6) is 0. The maximum absolute atomic E-state index is 6.02. The quantitative estimate of drug-likeness (QED) is 0.798. The molecular formula is C13H12Cl2N2. The van der Waals surface area contributed by atoms with Crippen LogP contribution in [0.15, 0.2) is 48.5 Å². The average molecular weight is 267 g/mol. The van der Waals surface area contributed by atoms with Gasteiger partial charge in [0.25, 0.3) is 0 Å². The molecule has 0 spiro atoms. The molecule has 0 unspecified atom stereocenters. The second-order valence-electron chi connectivity index (χ2n) is 3.49. The Labute approximate surface area is 111 Å². The molecule has 88 valence electrons. The third kappa shape index (κ3) is 3.29. The first-order chi connectivity index (χ1) is 8.27. The van der Waals surface area contributed by atoms with Gasteiger partial charge in [0, 0.05) is 0 Å². The third-order valence-corrected chi connectivity index (χ3v) is 2.96. The summed E-state index contributed by atoms with van der Waals surface area (Å²) in [6.45, 7) is 0.563. The zero-order valence-electron chi connectivity index (χ0n) is 9.08. The second kappa shape index (κ2) is 5.80. The molecule has 0 aliphatic heterocycles. The Balaban J connectivity index is 1.93. The molecule has 0 bridgehead atoms. The number of anilines is 2. The molecule has 0 aromatic heterocycles. The molecule has 0 saturated carbocycles. The highest BCUT2D eigenvalue weighted by molar-refractivity contribution is 6.33. The number of benzene rings is 2. The monoisotopic (exact) mass is 266 g/mol. The predicted molar refractivity (Wildman–Crippen MR) is 75.0 cm³/mol. The molecule has 0 aliphatic rings. The van der Waals surface area contributed by atoms with Crippen molar-refractivity contribution in [3.8, 4) is 0 Å². The molecule has 17 heavy (non-hydrogen) atoms. The van der Waals surface area contributed by atoms with Crippen molar-refractivity contribution < 1.29 is 0 Å². The van der Waals surface area contributed by atoms with Gasteiger partial charge in [-0.1, -0.05) is 47.5 Å². The van der Waals surface area contributed by atoms with Crippen LogP contribution in [-0.4, -0.2) is 6.67 Å². The van der Waals surface area contributed by atoms with Crippen LogP contribution in [0.5, 0.6) is 0 Å². The van der Waals surface area contributed by atoms with Gasteiger partial charge in [-0.25, -0.2) is 0 Å². The fraction of sp³-hybridized carbons (Fsp3) is 0.0769. The smallest absolute Gasteiger partial charge is 0.0850 e. The zero-order valence-corrected chi connectivity index (χ0v) is 10.6. The van der Waals surface area contributed by atoms with E-state index in [-0.39, 0.29) is 0 Å². The van der Waals surface area contributed by atoms with Crippen molar-refractivity contribution >= 4 is 34.6 Å². The molecule has 4 heteroatoms. The molecule has 0 fully saturated rings. The van der Waals surface area contributed by atoms with Gasteiger partial charge in [-0.2, -0.15) is 0 Å². The standard InChI is InChI=1S/C13H12Cl2N2/c14-10-5-1-3-7-12(10)16-9-17-13-8-4-2-6-11(13)15/h1-8,16-17H,9H2. The predicted octanol–water partition coefficient (Wildman–Crippen LogP) is 4.47. The van der Waals surface area contributed by atoms with Crippen molar-refractivity contribution in [2.24, 2.45) is 0 Å². The SMILES string of the molecule is Clc1ccccc1NCNc1ccccc1Cl. The first-order valence-corrected chi connectivity index (χ1v) is 6.00. The number of hydrogen-bond acceptors (Lipinski definition) is 2. The highest BCUT2D eigenvalue weighted by Crippen LogP contribution is 2.22. The van der Waals surface area contributed by atoms with Gasteiger partial charge in [0.2, 0.25) is 0 Å². The van der Waals surface area contributed by atoms with Crippen LogP contribution in [0, 0.1) is 0 Å². The normalized spacial score (nSPS) is 10.0. The molecule has 0 atom stereocenters. The van der Waals surface area contributed by atoms with Gasteiger partial charge in [-0.05, 0) is 24.3 Å². The highest BCUT2D eigenvalue weighted by atomic mass is 35.5. The van der Waals surface area contributed by atoms with Crippen molar-refractivity contribution in [2.75, 3.05) is 17.3 Å². The first kappa shape index (κ1) is 12.1. The van der Waals surface area contributed by atoms with Gasteiger partial charge in [0.1, 0.15) is 0 Å². The Bertz CT molecular complexity index is 455. The number of rotatable bonds is 4. The van der Waals surface area contributed by atoms with Crippen LogP contribution in [0.4, 0.5) is 11.4 Å². The molecule has 0 amide bonds. The van der Waals surface area contributed by atoms with Gasteiger partial charge in [-0.15, -0.1) is 0 Å². The average Bonchev–Trinajstić information content (AvgIpc) is 2.34. The lowest BCUT2D eigenvalue weighted by Gasteiger charge is -2.11. The van der Waals surface area contributed by atoms with Gasteiger partial charge in [0.15, 0.2) is 0 Å². The number of halogens is 2. The summed E-state index contributed by atoms with van der Waals surface area (Å²) in [5.41, 5.74) is 1.79. The minimum absolute atomic E-state index is 0.563. The van der Waals surface area contributed by atoms with E-state index in [9.17, 15) is 0 Å². The first-order valence-electron chi connectivity index (χ1n) is 5.24. The largest absolute Gasteiger partial charge is 0.367 e. The van der Waals surface area contributed by atoms with Gasteiger partial charge in [-0.3, -0.25) is 0 Å². The van der Waals surface area contributed by atoms with Crippen LogP contribution in [0.1, 0.15) is 0 Å². The molecule has 2 N–H and O–H groups in total. The van der Waals surface area contributed by atoms with Crippen LogP contribution in [0.3, 0.4) is 0 Å². The number of hydrogen-bond donors (Lipinski definition) is 2. The molecule has 2 rings (SSSR count). The van der Waals surface area contributed by atoms with Gasteiger partial charge >= 0.3 is 0 Å². The summed E-state index contributed by atoms with van der Waals surface area (Å²) < 4.78 is 0. The van der Waals surface area contributed by atoms with Crippen molar-refractivity contribution in [3.63, 3.8) is 0 Å². The van der Waals surface area contributed by atoms with E-state index in [1.807, 2.05) is 48.5 Å². The Kier molecular flexibility index (Phi) is 4.13. The molecule has 0 saturated heterocycles. The summed E-state index contributed by atoms with van der Waals surface area (Å²) in [6.07, 6.45) is 0. The van der Waals surface area contributed by atoms with Crippen molar-refractivity contribution in [2.45, 2.75) is 0 Å². The molecule has 0 heterocycles. The van der Waals surface area contributed by atoms with E-state index in [2.05, 4.69) is 10.6 Å². The van der Waals surface area contributed by atoms with Crippen molar-refractivity contribution in [1.82, 2.24) is 0 Å². The zero-order chi connectivity index (χ0) is 12.1. The van der Waals surface area contributed by atoms with Crippen LogP contribution in [0.25, 0.3) is 0 Å². The van der Waals surface area contributed by atoms with Crippen LogP contribution >= 0.6 is 23.2 Å². The van der Waals surface area contributed by atoms with E-state index in [1.54, 1.807) is 0 Å². The van der Waals surface area contributed by atoms with E-state index in [0.29, 0.717) is 16.7 Å². The summed E-state index contributed by atoms with van der Waals surface area (Å²) in [5, 5.41) is 7.78. The van der Waals surface area contributed by atoms with Crippen LogP contribution in [0.2, 0.25) is 10.0 Å². The van der Waals surface area contributed by atoms with E-state index >= 15 is 0 Å². The molecule has 2 aromatic carbocycles. The van der Waals surface area contributed by atoms with Gasteiger partial charge in [0.05, 0.1) is 28.1 Å². The van der Waals surface area contributed by atoms with E-state index in [4.69, 9.17) is 23.2 Å². The fourth-order valence-electron chi connectivity index (χ4n) is 1.44. The Morgan fingerprint density at radius 1 is 0.706 bits per heavy atom. The summed E-state index contributed by atoms with van der Waals surface area (Å²) >= 11 is 12.0. The van der Waals surface area contributed by atoms with Crippen LogP contribution in [-0.2, 0) is 0 Å². The van der Waals surface area contributed by atoms with E-state index < -0.39 is 0 Å². The topological polar surface area (TPSA) is 24.1 Å². The Morgan fingerprint density at radius 3 is 1.53 bits per heavy atom. The lowest BCUT2D eigenvalue weighted by atomic mass is 10.3. The maximum atomic E-state index is 6.02. The maximum Gasteiger partial charge on any atom is 0.0850 e. The van der Waals surface area contributed by atoms with Crippen LogP contribution < -0.4 is 10.6 Å². The Hall–Kier alpha value is -1.38. The lowest BCUT2D eigenvalue weighted by Crippen LogP contribution is -2.12. The fourth-order valence-corrected chi connectivity index (χ4v) is 1.85. The van der Waals surface area contributed by atoms with Crippen molar-refractivity contribution in [1.29, 1.82) is 0 Å². The Morgan fingerprint density at radius 2 is 1.12 bits per heavy atom. The minimum Gasteiger partial charge on any atom is -0.367 e. The van der Waals surface area contributed by atoms with E-state index in [1.165, 1.54) is 0 Å².